The number of amides is 1. The highest BCUT2D eigenvalue weighted by Gasteiger charge is 2.28. The van der Waals surface area contributed by atoms with Gasteiger partial charge in [0.2, 0.25) is 5.91 Å². The highest BCUT2D eigenvalue weighted by atomic mass is 19.1. The minimum atomic E-state index is -0.953. The van der Waals surface area contributed by atoms with Gasteiger partial charge in [-0.25, -0.2) is 9.18 Å². The molecule has 1 unspecified atom stereocenters. The van der Waals surface area contributed by atoms with Crippen LogP contribution in [0.5, 0.6) is 0 Å². The van der Waals surface area contributed by atoms with E-state index < -0.39 is 5.97 Å². The van der Waals surface area contributed by atoms with Gasteiger partial charge in [-0.3, -0.25) is 4.79 Å². The predicted octanol–water partition coefficient (Wildman–Crippen LogP) is 4.91. The van der Waals surface area contributed by atoms with E-state index in [4.69, 9.17) is 5.11 Å². The number of aromatic carboxylic acids is 1. The molecule has 5 heteroatoms. The lowest BCUT2D eigenvalue weighted by Crippen LogP contribution is -2.33. The molecule has 0 saturated carbocycles. The van der Waals surface area contributed by atoms with Gasteiger partial charge < -0.3 is 10.0 Å². The van der Waals surface area contributed by atoms with E-state index in [-0.39, 0.29) is 23.3 Å². The van der Waals surface area contributed by atoms with Crippen LogP contribution in [0.1, 0.15) is 61.9 Å². The van der Waals surface area contributed by atoms with Crippen molar-refractivity contribution in [3.8, 4) is 0 Å². The molecule has 0 radical (unpaired) electrons. The maximum Gasteiger partial charge on any atom is 0.335 e. The summed E-state index contributed by atoms with van der Waals surface area (Å²) >= 11 is 0. The molecule has 27 heavy (non-hydrogen) atoms. The average molecular weight is 373 g/mol. The summed E-state index contributed by atoms with van der Waals surface area (Å²) in [5.74, 6) is -1.07. The van der Waals surface area contributed by atoms with E-state index in [1.807, 2.05) is 6.92 Å². The van der Waals surface area contributed by atoms with Crippen LogP contribution < -0.4 is 0 Å². The van der Waals surface area contributed by atoms with Gasteiger partial charge in [-0.05, 0) is 62.0 Å². The van der Waals surface area contributed by atoms with Crippen LogP contribution in [0.2, 0.25) is 0 Å². The van der Waals surface area contributed by atoms with Gasteiger partial charge in [-0.15, -0.1) is 0 Å². The van der Waals surface area contributed by atoms with Crippen LogP contribution in [-0.4, -0.2) is 34.5 Å². The van der Waals surface area contributed by atoms with Gasteiger partial charge >= 0.3 is 5.97 Å². The molecule has 1 saturated heterocycles. The first-order chi connectivity index (χ1) is 12.9. The highest BCUT2D eigenvalue weighted by Crippen LogP contribution is 2.22. The second-order valence-corrected chi connectivity index (χ2v) is 7.04. The first-order valence-electron chi connectivity index (χ1n) is 9.57. The SMILES string of the molecule is CCCC/C(C)=C(F)/C=C\C1CCC(=O)N1CCc1ccc(C(=O)O)cc1. The summed E-state index contributed by atoms with van der Waals surface area (Å²) in [5, 5.41) is 8.94. The van der Waals surface area contributed by atoms with Crippen molar-refractivity contribution in [1.82, 2.24) is 4.90 Å². The Morgan fingerprint density at radius 3 is 2.67 bits per heavy atom. The Bertz CT molecular complexity index is 722. The minimum absolute atomic E-state index is 0.0823. The Morgan fingerprint density at radius 1 is 1.33 bits per heavy atom. The van der Waals surface area contributed by atoms with Crippen LogP contribution in [0.4, 0.5) is 4.39 Å². The summed E-state index contributed by atoms with van der Waals surface area (Å²) in [4.78, 5) is 24.9. The average Bonchev–Trinajstić information content (AvgIpc) is 3.02. The van der Waals surface area contributed by atoms with E-state index >= 15 is 0 Å². The normalized spacial score (nSPS) is 18.3. The number of carboxylic acids is 1. The smallest absolute Gasteiger partial charge is 0.335 e. The molecule has 1 aromatic rings. The molecule has 1 aliphatic heterocycles. The van der Waals surface area contributed by atoms with E-state index in [1.54, 1.807) is 35.2 Å². The van der Waals surface area contributed by atoms with Crippen molar-refractivity contribution in [3.63, 3.8) is 0 Å². The third kappa shape index (κ3) is 6.05. The van der Waals surface area contributed by atoms with E-state index in [9.17, 15) is 14.0 Å². The topological polar surface area (TPSA) is 57.6 Å². The van der Waals surface area contributed by atoms with Crippen molar-refractivity contribution < 1.29 is 19.1 Å². The molecule has 0 aromatic heterocycles. The molecular weight excluding hydrogens is 345 g/mol. The summed E-state index contributed by atoms with van der Waals surface area (Å²) < 4.78 is 14.2. The largest absolute Gasteiger partial charge is 0.478 e. The van der Waals surface area contributed by atoms with Crippen LogP contribution in [0, 0.1) is 0 Å². The molecule has 2 rings (SSSR count). The number of likely N-dealkylation sites (tertiary alicyclic amines) is 1. The molecule has 0 bridgehead atoms. The van der Waals surface area contributed by atoms with Crippen LogP contribution in [0.25, 0.3) is 0 Å². The van der Waals surface area contributed by atoms with Gasteiger partial charge in [-0.2, -0.15) is 0 Å². The quantitative estimate of drug-likeness (QED) is 0.626. The maximum absolute atomic E-state index is 14.2. The van der Waals surface area contributed by atoms with Gasteiger partial charge in [0.05, 0.1) is 11.6 Å². The number of halogens is 1. The van der Waals surface area contributed by atoms with Crippen LogP contribution in [0.15, 0.2) is 47.8 Å². The Kier molecular flexibility index (Phi) is 7.77. The molecule has 1 N–H and O–H groups in total. The molecule has 0 spiro atoms. The number of nitrogens with zero attached hydrogens (tertiary/aromatic N) is 1. The van der Waals surface area contributed by atoms with Gasteiger partial charge in [0.25, 0.3) is 0 Å². The maximum atomic E-state index is 14.2. The second kappa shape index (κ2) is 10.0. The minimum Gasteiger partial charge on any atom is -0.478 e. The van der Waals surface area contributed by atoms with Crippen molar-refractivity contribution >= 4 is 11.9 Å². The molecular formula is C22H28FNO3. The Morgan fingerprint density at radius 2 is 2.04 bits per heavy atom. The number of unbranched alkanes of at least 4 members (excludes halogenated alkanes) is 1. The Labute approximate surface area is 160 Å². The molecule has 0 aliphatic carbocycles. The number of rotatable bonds is 9. The zero-order valence-corrected chi connectivity index (χ0v) is 16.1. The summed E-state index contributed by atoms with van der Waals surface area (Å²) in [6.07, 6.45) is 7.89. The van der Waals surface area contributed by atoms with E-state index in [2.05, 4.69) is 6.92 Å². The third-order valence-corrected chi connectivity index (χ3v) is 4.99. The summed E-state index contributed by atoms with van der Waals surface area (Å²) in [5.41, 5.74) is 1.98. The van der Waals surface area contributed by atoms with Gasteiger partial charge in [-0.1, -0.05) is 31.6 Å². The fourth-order valence-corrected chi connectivity index (χ4v) is 3.21. The summed E-state index contributed by atoms with van der Waals surface area (Å²) in [6.45, 7) is 4.44. The number of carbonyl (C=O) groups excluding carboxylic acids is 1. The zero-order chi connectivity index (χ0) is 19.8. The molecule has 1 fully saturated rings. The van der Waals surface area contributed by atoms with Crippen molar-refractivity contribution in [2.45, 2.75) is 58.4 Å². The van der Waals surface area contributed by atoms with Crippen molar-refractivity contribution in [1.29, 1.82) is 0 Å². The van der Waals surface area contributed by atoms with Crippen molar-refractivity contribution in [2.24, 2.45) is 0 Å². The van der Waals surface area contributed by atoms with Crippen molar-refractivity contribution in [3.05, 3.63) is 58.9 Å². The lowest BCUT2D eigenvalue weighted by Gasteiger charge is -2.22. The number of carboxylic acid groups (broad SMARTS) is 1. The van der Waals surface area contributed by atoms with E-state index in [1.165, 1.54) is 6.08 Å². The predicted molar refractivity (Wildman–Crippen MR) is 104 cm³/mol. The number of carbonyl (C=O) groups is 2. The van der Waals surface area contributed by atoms with E-state index in [0.717, 1.165) is 30.4 Å². The number of benzene rings is 1. The van der Waals surface area contributed by atoms with Gasteiger partial charge in [0.15, 0.2) is 0 Å². The zero-order valence-electron chi connectivity index (χ0n) is 16.1. The molecule has 1 heterocycles. The Balaban J connectivity index is 1.97. The Hall–Kier alpha value is -2.43. The standard InChI is InChI=1S/C22H28FNO3/c1-3-4-5-16(2)20(23)12-10-19-11-13-21(25)24(19)15-14-17-6-8-18(9-7-17)22(26)27/h6-10,12,19H,3-5,11,13-15H2,1-2H3,(H,26,27)/b12-10-,20-16-. The van der Waals surface area contributed by atoms with Crippen LogP contribution in [-0.2, 0) is 11.2 Å². The molecule has 4 nitrogen and oxygen atoms in total. The summed E-state index contributed by atoms with van der Waals surface area (Å²) in [6, 6.07) is 6.60. The molecule has 1 aliphatic rings. The van der Waals surface area contributed by atoms with E-state index in [0.29, 0.717) is 25.8 Å². The summed E-state index contributed by atoms with van der Waals surface area (Å²) in [7, 11) is 0. The number of allylic oxidation sites excluding steroid dienone is 3. The number of hydrogen-bond donors (Lipinski definition) is 1. The molecule has 1 atom stereocenters. The van der Waals surface area contributed by atoms with Crippen molar-refractivity contribution in [2.75, 3.05) is 6.54 Å². The molecule has 146 valence electrons. The second-order valence-electron chi connectivity index (χ2n) is 7.04. The van der Waals surface area contributed by atoms with Crippen LogP contribution in [0.3, 0.4) is 0 Å². The van der Waals surface area contributed by atoms with Crippen LogP contribution >= 0.6 is 0 Å². The molecule has 1 aromatic carbocycles. The lowest BCUT2D eigenvalue weighted by atomic mass is 10.1. The van der Waals surface area contributed by atoms with Gasteiger partial charge in [0.1, 0.15) is 5.83 Å². The number of hydrogen-bond acceptors (Lipinski definition) is 2. The molecule has 1 amide bonds. The fourth-order valence-electron chi connectivity index (χ4n) is 3.21. The third-order valence-electron chi connectivity index (χ3n) is 4.99. The van der Waals surface area contributed by atoms with Gasteiger partial charge in [0, 0.05) is 13.0 Å². The monoisotopic (exact) mass is 373 g/mol. The first kappa shape index (κ1) is 20.9. The first-order valence-corrected chi connectivity index (χ1v) is 9.57. The highest BCUT2D eigenvalue weighted by molar-refractivity contribution is 5.87. The lowest BCUT2D eigenvalue weighted by molar-refractivity contribution is -0.128. The fraction of sp³-hybridized carbons (Fsp3) is 0.455.